The zero-order valence-electron chi connectivity index (χ0n) is 13.5. The highest BCUT2D eigenvalue weighted by molar-refractivity contribution is 7.89. The zero-order valence-corrected chi connectivity index (χ0v) is 14.4. The van der Waals surface area contributed by atoms with Crippen molar-refractivity contribution < 1.29 is 18.3 Å². The van der Waals surface area contributed by atoms with E-state index >= 15 is 0 Å². The van der Waals surface area contributed by atoms with Gasteiger partial charge in [-0.2, -0.15) is 0 Å². The van der Waals surface area contributed by atoms with Crippen molar-refractivity contribution in [3.8, 4) is 0 Å². The molecule has 0 aromatic carbocycles. The third kappa shape index (κ3) is 5.83. The number of aliphatic hydroxyl groups is 1. The average molecular weight is 322 g/mol. The fourth-order valence-electron chi connectivity index (χ4n) is 2.88. The Morgan fingerprint density at radius 1 is 1.38 bits per heavy atom. The monoisotopic (exact) mass is 322 g/mol. The van der Waals surface area contributed by atoms with Gasteiger partial charge in [0.15, 0.2) is 0 Å². The third-order valence-corrected chi connectivity index (χ3v) is 6.26. The smallest absolute Gasteiger partial charge is 0.213 e. The highest BCUT2D eigenvalue weighted by atomic mass is 32.2. The summed E-state index contributed by atoms with van der Waals surface area (Å²) in [5.74, 6) is 0.181. The van der Waals surface area contributed by atoms with E-state index < -0.39 is 10.0 Å². The summed E-state index contributed by atoms with van der Waals surface area (Å²) in [6.45, 7) is 3.40. The summed E-state index contributed by atoms with van der Waals surface area (Å²) in [4.78, 5) is 2.28. The molecule has 0 bridgehead atoms. The molecule has 0 aliphatic carbocycles. The van der Waals surface area contributed by atoms with Gasteiger partial charge < -0.3 is 14.7 Å². The lowest BCUT2D eigenvalue weighted by Crippen LogP contribution is -2.46. The van der Waals surface area contributed by atoms with Crippen LogP contribution in [0.3, 0.4) is 0 Å². The zero-order chi connectivity index (χ0) is 15.9. The maximum atomic E-state index is 11.7. The molecule has 7 heteroatoms. The number of piperidine rings is 1. The van der Waals surface area contributed by atoms with Crippen LogP contribution in [0.1, 0.15) is 25.7 Å². The number of aliphatic hydroxyl groups excluding tert-OH is 1. The van der Waals surface area contributed by atoms with Crippen LogP contribution in [0.25, 0.3) is 0 Å². The second-order valence-electron chi connectivity index (χ2n) is 6.23. The molecule has 0 aromatic heterocycles. The van der Waals surface area contributed by atoms with E-state index in [0.29, 0.717) is 13.0 Å². The highest BCUT2D eigenvalue weighted by Gasteiger charge is 2.34. The topological polar surface area (TPSA) is 70.1 Å². The van der Waals surface area contributed by atoms with Crippen molar-refractivity contribution in [3.05, 3.63) is 0 Å². The number of methoxy groups -OCH3 is 1. The maximum Gasteiger partial charge on any atom is 0.213 e. The van der Waals surface area contributed by atoms with Gasteiger partial charge in [0.25, 0.3) is 0 Å². The van der Waals surface area contributed by atoms with Gasteiger partial charge in [0, 0.05) is 39.8 Å². The minimum atomic E-state index is -3.11. The first-order chi connectivity index (χ1) is 9.85. The lowest BCUT2D eigenvalue weighted by atomic mass is 9.78. The van der Waals surface area contributed by atoms with Crippen molar-refractivity contribution in [2.75, 3.05) is 59.8 Å². The Morgan fingerprint density at radius 3 is 2.67 bits per heavy atom. The van der Waals surface area contributed by atoms with Crippen LogP contribution in [-0.2, 0) is 14.8 Å². The van der Waals surface area contributed by atoms with Crippen LogP contribution in [0.15, 0.2) is 0 Å². The molecule has 1 aliphatic rings. The average Bonchev–Trinajstić information content (AvgIpc) is 2.45. The Balaban J connectivity index is 2.45. The Morgan fingerprint density at radius 2 is 2.10 bits per heavy atom. The molecule has 0 saturated carbocycles. The molecule has 1 aliphatic heterocycles. The molecule has 1 atom stereocenters. The van der Waals surface area contributed by atoms with Crippen LogP contribution in [0, 0.1) is 5.41 Å². The van der Waals surface area contributed by atoms with Crippen molar-refractivity contribution in [1.29, 1.82) is 0 Å². The SMILES string of the molecule is COCCC1(CO)CCCN(CCCS(=O)(=O)N(C)C)C1. The Labute approximate surface area is 129 Å². The fraction of sp³-hybridized carbons (Fsp3) is 1.00. The lowest BCUT2D eigenvalue weighted by Gasteiger charge is -2.42. The normalized spacial score (nSPS) is 24.6. The summed E-state index contributed by atoms with van der Waals surface area (Å²) in [6.07, 6.45) is 3.54. The number of rotatable bonds is 9. The van der Waals surface area contributed by atoms with Gasteiger partial charge >= 0.3 is 0 Å². The van der Waals surface area contributed by atoms with Crippen LogP contribution in [-0.4, -0.2) is 82.5 Å². The van der Waals surface area contributed by atoms with E-state index in [1.807, 2.05) is 0 Å². The maximum absolute atomic E-state index is 11.7. The summed E-state index contributed by atoms with van der Waals surface area (Å²) in [5, 5.41) is 9.73. The van der Waals surface area contributed by atoms with Crippen LogP contribution in [0.2, 0.25) is 0 Å². The van der Waals surface area contributed by atoms with Crippen LogP contribution in [0.5, 0.6) is 0 Å². The van der Waals surface area contributed by atoms with Gasteiger partial charge in [-0.15, -0.1) is 0 Å². The second kappa shape index (κ2) is 8.43. The molecule has 0 radical (unpaired) electrons. The number of sulfonamides is 1. The van der Waals surface area contributed by atoms with Gasteiger partial charge in [-0.05, 0) is 38.8 Å². The first-order valence-electron chi connectivity index (χ1n) is 7.58. The molecular weight excluding hydrogens is 292 g/mol. The van der Waals surface area contributed by atoms with E-state index in [0.717, 1.165) is 38.9 Å². The lowest BCUT2D eigenvalue weighted by molar-refractivity contribution is 0.00771. The first kappa shape index (κ1) is 18.8. The summed E-state index contributed by atoms with van der Waals surface area (Å²) < 4.78 is 29.9. The van der Waals surface area contributed by atoms with Crippen LogP contribution >= 0.6 is 0 Å². The predicted molar refractivity (Wildman–Crippen MR) is 83.8 cm³/mol. The summed E-state index contributed by atoms with van der Waals surface area (Å²) in [6, 6.07) is 0. The van der Waals surface area contributed by atoms with Gasteiger partial charge in [0.05, 0.1) is 12.4 Å². The summed E-state index contributed by atoms with van der Waals surface area (Å²) in [7, 11) is 1.70. The van der Waals surface area contributed by atoms with E-state index in [9.17, 15) is 13.5 Å². The quantitative estimate of drug-likeness (QED) is 0.664. The van der Waals surface area contributed by atoms with Crippen molar-refractivity contribution >= 4 is 10.0 Å². The van der Waals surface area contributed by atoms with Crippen molar-refractivity contribution in [1.82, 2.24) is 9.21 Å². The second-order valence-corrected chi connectivity index (χ2v) is 8.53. The van der Waals surface area contributed by atoms with Gasteiger partial charge in [-0.3, -0.25) is 0 Å². The fourth-order valence-corrected chi connectivity index (χ4v) is 3.74. The summed E-state index contributed by atoms with van der Waals surface area (Å²) >= 11 is 0. The van der Waals surface area contributed by atoms with Crippen molar-refractivity contribution in [2.45, 2.75) is 25.7 Å². The molecule has 6 nitrogen and oxygen atoms in total. The van der Waals surface area contributed by atoms with Gasteiger partial charge in [0.1, 0.15) is 0 Å². The number of ether oxygens (including phenoxy) is 1. The van der Waals surface area contributed by atoms with Gasteiger partial charge in [-0.1, -0.05) is 0 Å². The highest BCUT2D eigenvalue weighted by Crippen LogP contribution is 2.33. The molecule has 1 N–H and O–H groups in total. The minimum absolute atomic E-state index is 0.0886. The number of nitrogens with zero attached hydrogens (tertiary/aromatic N) is 2. The van der Waals surface area contributed by atoms with Crippen molar-refractivity contribution in [2.24, 2.45) is 5.41 Å². The molecule has 0 aromatic rings. The Kier molecular flexibility index (Phi) is 7.56. The van der Waals surface area contributed by atoms with Gasteiger partial charge in [-0.25, -0.2) is 12.7 Å². The molecule has 126 valence electrons. The Hall–Kier alpha value is -0.210. The minimum Gasteiger partial charge on any atom is -0.396 e. The molecule has 0 amide bonds. The van der Waals surface area contributed by atoms with Crippen molar-refractivity contribution in [3.63, 3.8) is 0 Å². The van der Waals surface area contributed by atoms with E-state index in [4.69, 9.17) is 4.74 Å². The molecular formula is C14H30N2O4S. The molecule has 1 fully saturated rings. The van der Waals surface area contributed by atoms with Crippen LogP contribution < -0.4 is 0 Å². The molecule has 1 saturated heterocycles. The van der Waals surface area contributed by atoms with E-state index in [1.54, 1.807) is 21.2 Å². The number of hydrogen-bond acceptors (Lipinski definition) is 5. The van der Waals surface area contributed by atoms with Gasteiger partial charge in [0.2, 0.25) is 10.0 Å². The molecule has 1 rings (SSSR count). The number of hydrogen-bond donors (Lipinski definition) is 1. The standard InChI is InChI=1S/C14H30N2O4S/c1-15(2)21(18,19)11-5-9-16-8-4-6-14(12-16,13-17)7-10-20-3/h17H,4-13H2,1-3H3. The number of likely N-dealkylation sites (tertiary alicyclic amines) is 1. The molecule has 1 heterocycles. The van der Waals surface area contributed by atoms with E-state index in [1.165, 1.54) is 4.31 Å². The first-order valence-corrected chi connectivity index (χ1v) is 9.18. The molecule has 1 unspecified atom stereocenters. The molecule has 21 heavy (non-hydrogen) atoms. The molecule has 0 spiro atoms. The Bertz CT molecular complexity index is 400. The van der Waals surface area contributed by atoms with E-state index in [2.05, 4.69) is 4.90 Å². The third-order valence-electron chi connectivity index (χ3n) is 4.35. The largest absolute Gasteiger partial charge is 0.396 e. The summed E-state index contributed by atoms with van der Waals surface area (Å²) in [5.41, 5.74) is -0.0886. The van der Waals surface area contributed by atoms with E-state index in [-0.39, 0.29) is 17.8 Å². The van der Waals surface area contributed by atoms with Crippen LogP contribution in [0.4, 0.5) is 0 Å². The predicted octanol–water partition coefficient (Wildman–Crippen LogP) is 0.379.